The van der Waals surface area contributed by atoms with E-state index in [4.69, 9.17) is 10.5 Å². The lowest BCUT2D eigenvalue weighted by Gasteiger charge is -2.12. The third kappa shape index (κ3) is 1.92. The van der Waals surface area contributed by atoms with Crippen molar-refractivity contribution in [1.29, 1.82) is 0 Å². The zero-order valence-corrected chi connectivity index (χ0v) is 9.31. The van der Waals surface area contributed by atoms with Crippen LogP contribution in [-0.2, 0) is 6.54 Å². The summed E-state index contributed by atoms with van der Waals surface area (Å²) in [6.45, 7) is 0.490. The molecule has 2 N–H and O–H groups in total. The smallest absolute Gasteiger partial charge is 0.131 e. The number of ether oxygens (including phenoxy) is 1. The summed E-state index contributed by atoms with van der Waals surface area (Å²) >= 11 is 0. The number of hydrogen-bond acceptors (Lipinski definition) is 2. The van der Waals surface area contributed by atoms with Crippen molar-refractivity contribution in [1.82, 2.24) is 0 Å². The van der Waals surface area contributed by atoms with Gasteiger partial charge in [0.2, 0.25) is 0 Å². The highest BCUT2D eigenvalue weighted by molar-refractivity contribution is 5.72. The number of methoxy groups -OCH3 is 1. The molecule has 0 spiro atoms. The highest BCUT2D eigenvalue weighted by Crippen LogP contribution is 2.32. The Balaban J connectivity index is 2.57. The molecule has 2 aromatic rings. The van der Waals surface area contributed by atoms with E-state index >= 15 is 0 Å². The molecule has 2 heteroatoms. The maximum Gasteiger partial charge on any atom is 0.131 e. The van der Waals surface area contributed by atoms with Crippen molar-refractivity contribution >= 4 is 0 Å². The van der Waals surface area contributed by atoms with Gasteiger partial charge in [-0.3, -0.25) is 0 Å². The second kappa shape index (κ2) is 4.81. The molecule has 82 valence electrons. The average molecular weight is 213 g/mol. The first-order chi connectivity index (χ1) is 7.86. The summed E-state index contributed by atoms with van der Waals surface area (Å²) < 4.78 is 5.44. The van der Waals surface area contributed by atoms with Gasteiger partial charge in [0.25, 0.3) is 0 Å². The van der Waals surface area contributed by atoms with Gasteiger partial charge < -0.3 is 10.5 Å². The van der Waals surface area contributed by atoms with Crippen LogP contribution < -0.4 is 10.5 Å². The summed E-state index contributed by atoms with van der Waals surface area (Å²) in [7, 11) is 1.68. The minimum atomic E-state index is 0.490. The Morgan fingerprint density at radius 2 is 1.75 bits per heavy atom. The van der Waals surface area contributed by atoms with E-state index in [1.807, 2.05) is 36.4 Å². The molecule has 0 saturated carbocycles. The molecule has 0 bridgehead atoms. The summed E-state index contributed by atoms with van der Waals surface area (Å²) in [5.41, 5.74) is 8.96. The Labute approximate surface area is 95.7 Å². The van der Waals surface area contributed by atoms with Gasteiger partial charge in [0.1, 0.15) is 5.75 Å². The standard InChI is InChI=1S/C14H15NO/c1-16-14-12(10-15)8-5-9-13(14)11-6-3-2-4-7-11/h2-9H,10,15H2,1H3. The predicted molar refractivity (Wildman–Crippen MR) is 66.3 cm³/mol. The zero-order valence-electron chi connectivity index (χ0n) is 9.31. The van der Waals surface area contributed by atoms with Crippen molar-refractivity contribution < 1.29 is 4.74 Å². The van der Waals surface area contributed by atoms with Gasteiger partial charge in [0, 0.05) is 17.7 Å². The molecule has 16 heavy (non-hydrogen) atoms. The minimum Gasteiger partial charge on any atom is -0.496 e. The fourth-order valence-electron chi connectivity index (χ4n) is 1.83. The van der Waals surface area contributed by atoms with Gasteiger partial charge in [0.05, 0.1) is 7.11 Å². The Kier molecular flexibility index (Phi) is 3.22. The Hall–Kier alpha value is -1.80. The van der Waals surface area contributed by atoms with Crippen molar-refractivity contribution in [2.45, 2.75) is 6.54 Å². The number of rotatable bonds is 3. The number of para-hydroxylation sites is 1. The van der Waals surface area contributed by atoms with E-state index < -0.39 is 0 Å². The van der Waals surface area contributed by atoms with Crippen LogP contribution in [0.25, 0.3) is 11.1 Å². The van der Waals surface area contributed by atoms with Crippen LogP contribution in [0.2, 0.25) is 0 Å². The quantitative estimate of drug-likeness (QED) is 0.850. The third-order valence-electron chi connectivity index (χ3n) is 2.61. The van der Waals surface area contributed by atoms with E-state index in [1.54, 1.807) is 7.11 Å². The molecule has 0 saturated heterocycles. The second-order valence-corrected chi connectivity index (χ2v) is 3.57. The number of hydrogen-bond donors (Lipinski definition) is 1. The van der Waals surface area contributed by atoms with E-state index in [9.17, 15) is 0 Å². The van der Waals surface area contributed by atoms with Crippen molar-refractivity contribution in [3.8, 4) is 16.9 Å². The molecule has 0 aromatic heterocycles. The maximum atomic E-state index is 5.69. The van der Waals surface area contributed by atoms with E-state index in [0.717, 1.165) is 22.4 Å². The van der Waals surface area contributed by atoms with Crippen molar-refractivity contribution in [2.75, 3.05) is 7.11 Å². The molecule has 2 aromatic carbocycles. The van der Waals surface area contributed by atoms with Gasteiger partial charge in [-0.25, -0.2) is 0 Å². The lowest BCUT2D eigenvalue weighted by molar-refractivity contribution is 0.411. The fourth-order valence-corrected chi connectivity index (χ4v) is 1.83. The molecule has 0 atom stereocenters. The number of benzene rings is 2. The molecule has 0 aliphatic rings. The van der Waals surface area contributed by atoms with Crippen LogP contribution in [0.3, 0.4) is 0 Å². The van der Waals surface area contributed by atoms with E-state index in [0.29, 0.717) is 6.54 Å². The van der Waals surface area contributed by atoms with Crippen molar-refractivity contribution in [3.63, 3.8) is 0 Å². The molecular formula is C14H15NO. The molecule has 0 aliphatic heterocycles. The predicted octanol–water partition coefficient (Wildman–Crippen LogP) is 2.82. The van der Waals surface area contributed by atoms with E-state index in [-0.39, 0.29) is 0 Å². The van der Waals surface area contributed by atoms with Gasteiger partial charge in [-0.2, -0.15) is 0 Å². The lowest BCUT2D eigenvalue weighted by atomic mass is 10.0. The van der Waals surface area contributed by atoms with Crippen LogP contribution >= 0.6 is 0 Å². The Morgan fingerprint density at radius 1 is 1.00 bits per heavy atom. The van der Waals surface area contributed by atoms with Crippen LogP contribution in [0.4, 0.5) is 0 Å². The normalized spacial score (nSPS) is 10.1. The third-order valence-corrected chi connectivity index (χ3v) is 2.61. The molecule has 0 unspecified atom stereocenters. The van der Waals surface area contributed by atoms with Crippen molar-refractivity contribution in [2.24, 2.45) is 5.73 Å². The average Bonchev–Trinajstić information content (AvgIpc) is 2.38. The van der Waals surface area contributed by atoms with E-state index in [1.165, 1.54) is 0 Å². The van der Waals surface area contributed by atoms with Gasteiger partial charge >= 0.3 is 0 Å². The van der Waals surface area contributed by atoms with Crippen LogP contribution in [0.15, 0.2) is 48.5 Å². The fraction of sp³-hybridized carbons (Fsp3) is 0.143. The molecule has 0 amide bonds. The summed E-state index contributed by atoms with van der Waals surface area (Å²) in [6, 6.07) is 16.2. The summed E-state index contributed by atoms with van der Waals surface area (Å²) in [4.78, 5) is 0. The van der Waals surface area contributed by atoms with Gasteiger partial charge in [-0.15, -0.1) is 0 Å². The first kappa shape index (κ1) is 10.7. The highest BCUT2D eigenvalue weighted by atomic mass is 16.5. The summed E-state index contributed by atoms with van der Waals surface area (Å²) in [6.07, 6.45) is 0. The first-order valence-electron chi connectivity index (χ1n) is 5.28. The summed E-state index contributed by atoms with van der Waals surface area (Å²) in [5, 5.41) is 0. The minimum absolute atomic E-state index is 0.490. The van der Waals surface area contributed by atoms with E-state index in [2.05, 4.69) is 12.1 Å². The monoisotopic (exact) mass is 213 g/mol. The SMILES string of the molecule is COc1c(CN)cccc1-c1ccccc1. The highest BCUT2D eigenvalue weighted by Gasteiger charge is 2.08. The molecule has 0 fully saturated rings. The van der Waals surface area contributed by atoms with Crippen LogP contribution in [-0.4, -0.2) is 7.11 Å². The topological polar surface area (TPSA) is 35.2 Å². The lowest BCUT2D eigenvalue weighted by Crippen LogP contribution is -2.00. The van der Waals surface area contributed by atoms with Crippen molar-refractivity contribution in [3.05, 3.63) is 54.1 Å². The molecule has 2 nitrogen and oxygen atoms in total. The maximum absolute atomic E-state index is 5.69. The molecule has 0 aliphatic carbocycles. The molecular weight excluding hydrogens is 198 g/mol. The van der Waals surface area contributed by atoms with Gasteiger partial charge in [0.15, 0.2) is 0 Å². The second-order valence-electron chi connectivity index (χ2n) is 3.57. The molecule has 0 heterocycles. The van der Waals surface area contributed by atoms with Gasteiger partial charge in [-0.1, -0.05) is 48.5 Å². The number of nitrogens with two attached hydrogens (primary N) is 1. The molecule has 0 radical (unpaired) electrons. The molecule has 2 rings (SSSR count). The zero-order chi connectivity index (χ0) is 11.4. The Bertz CT molecular complexity index is 465. The summed E-state index contributed by atoms with van der Waals surface area (Å²) in [5.74, 6) is 0.871. The van der Waals surface area contributed by atoms with Crippen LogP contribution in [0, 0.1) is 0 Å². The van der Waals surface area contributed by atoms with Crippen LogP contribution in [0.1, 0.15) is 5.56 Å². The largest absolute Gasteiger partial charge is 0.496 e. The Morgan fingerprint density at radius 3 is 2.38 bits per heavy atom. The van der Waals surface area contributed by atoms with Gasteiger partial charge in [-0.05, 0) is 5.56 Å². The van der Waals surface area contributed by atoms with Crippen LogP contribution in [0.5, 0.6) is 5.75 Å². The first-order valence-corrected chi connectivity index (χ1v) is 5.28.